The molecule has 0 bridgehead atoms. The minimum Gasteiger partial charge on any atom is -0.465 e. The summed E-state index contributed by atoms with van der Waals surface area (Å²) in [5, 5.41) is 0.680. The molecule has 0 saturated carbocycles. The van der Waals surface area contributed by atoms with E-state index in [1.807, 2.05) is 33.0 Å². The molecular formula is C22H23N3O2S. The van der Waals surface area contributed by atoms with Crippen LogP contribution in [0.3, 0.4) is 0 Å². The van der Waals surface area contributed by atoms with Crippen molar-refractivity contribution in [2.75, 3.05) is 7.05 Å². The van der Waals surface area contributed by atoms with E-state index in [0.29, 0.717) is 24.3 Å². The third-order valence-corrected chi connectivity index (χ3v) is 5.77. The number of hydrogen-bond acceptors (Lipinski definition) is 5. The van der Waals surface area contributed by atoms with Crippen LogP contribution in [0.25, 0.3) is 21.3 Å². The fraction of sp³-hybridized carbons (Fsp3) is 0.273. The number of H-pyrrole nitrogens is 1. The monoisotopic (exact) mass is 393 g/mol. The molecule has 0 fully saturated rings. The van der Waals surface area contributed by atoms with Crippen molar-refractivity contribution < 1.29 is 4.42 Å². The average molecular weight is 394 g/mol. The van der Waals surface area contributed by atoms with Gasteiger partial charge in [0.05, 0.1) is 18.5 Å². The summed E-state index contributed by atoms with van der Waals surface area (Å²) in [6.07, 6.45) is 0. The van der Waals surface area contributed by atoms with Crippen molar-refractivity contribution in [3.8, 4) is 11.1 Å². The van der Waals surface area contributed by atoms with E-state index in [1.165, 1.54) is 5.56 Å². The molecule has 0 aliphatic heterocycles. The molecule has 28 heavy (non-hydrogen) atoms. The van der Waals surface area contributed by atoms with Gasteiger partial charge in [0.25, 0.3) is 5.56 Å². The second-order valence-electron chi connectivity index (χ2n) is 7.28. The van der Waals surface area contributed by atoms with Crippen molar-refractivity contribution in [1.29, 1.82) is 0 Å². The van der Waals surface area contributed by atoms with E-state index in [2.05, 4.69) is 41.1 Å². The first-order valence-corrected chi connectivity index (χ1v) is 10.1. The highest BCUT2D eigenvalue weighted by Gasteiger charge is 2.17. The van der Waals surface area contributed by atoms with Crippen LogP contribution in [0.1, 0.15) is 27.8 Å². The van der Waals surface area contributed by atoms with Gasteiger partial charge >= 0.3 is 0 Å². The molecule has 1 aromatic carbocycles. The molecule has 6 heteroatoms. The standard InChI is InChI=1S/C22H23N3O2S/c1-13-5-8-16(9-6-13)19-15(3)28-22-20(19)21(26)23-18(24-22)12-25(4)11-17-10-7-14(2)27-17/h5-10H,11-12H2,1-4H3,(H,23,24,26). The Balaban J connectivity index is 1.66. The van der Waals surface area contributed by atoms with Crippen LogP contribution < -0.4 is 5.56 Å². The molecule has 3 aromatic heterocycles. The van der Waals surface area contributed by atoms with E-state index in [0.717, 1.165) is 32.4 Å². The quantitative estimate of drug-likeness (QED) is 0.529. The number of thiophene rings is 1. The third-order valence-electron chi connectivity index (χ3n) is 4.77. The SMILES string of the molecule is Cc1ccc(-c2c(C)sc3nc(CN(C)Cc4ccc(C)o4)[nH]c(=O)c23)cc1. The number of hydrogen-bond donors (Lipinski definition) is 1. The largest absolute Gasteiger partial charge is 0.465 e. The molecule has 1 N–H and O–H groups in total. The van der Waals surface area contributed by atoms with Crippen LogP contribution in [0, 0.1) is 20.8 Å². The number of fused-ring (bicyclic) bond motifs is 1. The summed E-state index contributed by atoms with van der Waals surface area (Å²) >= 11 is 1.57. The van der Waals surface area contributed by atoms with E-state index in [4.69, 9.17) is 9.40 Å². The second kappa shape index (κ2) is 7.37. The molecule has 144 valence electrons. The molecule has 0 radical (unpaired) electrons. The number of furan rings is 1. The van der Waals surface area contributed by atoms with E-state index >= 15 is 0 Å². The van der Waals surface area contributed by atoms with Crippen LogP contribution >= 0.6 is 11.3 Å². The minimum absolute atomic E-state index is 0.0813. The Morgan fingerprint density at radius 3 is 2.50 bits per heavy atom. The number of benzene rings is 1. The summed E-state index contributed by atoms with van der Waals surface area (Å²) < 4.78 is 5.63. The highest BCUT2D eigenvalue weighted by molar-refractivity contribution is 7.19. The Kier molecular flexibility index (Phi) is 4.91. The van der Waals surface area contributed by atoms with E-state index in [9.17, 15) is 4.79 Å². The highest BCUT2D eigenvalue weighted by atomic mass is 32.1. The number of aryl methyl sites for hydroxylation is 3. The number of rotatable bonds is 5. The van der Waals surface area contributed by atoms with Gasteiger partial charge < -0.3 is 9.40 Å². The van der Waals surface area contributed by atoms with E-state index < -0.39 is 0 Å². The summed E-state index contributed by atoms with van der Waals surface area (Å²) in [4.78, 5) is 24.6. The van der Waals surface area contributed by atoms with Gasteiger partial charge in [0.2, 0.25) is 0 Å². The Bertz CT molecular complexity index is 1180. The first-order chi connectivity index (χ1) is 13.4. The molecule has 3 heterocycles. The van der Waals surface area contributed by atoms with Crippen molar-refractivity contribution in [1.82, 2.24) is 14.9 Å². The Morgan fingerprint density at radius 1 is 1.07 bits per heavy atom. The predicted octanol–water partition coefficient (Wildman–Crippen LogP) is 4.80. The van der Waals surface area contributed by atoms with Crippen LogP contribution in [-0.2, 0) is 13.1 Å². The summed E-state index contributed by atoms with van der Waals surface area (Å²) in [6, 6.07) is 12.2. The van der Waals surface area contributed by atoms with Crippen molar-refractivity contribution in [2.24, 2.45) is 0 Å². The third kappa shape index (κ3) is 3.66. The van der Waals surface area contributed by atoms with Crippen molar-refractivity contribution >= 4 is 21.6 Å². The lowest BCUT2D eigenvalue weighted by Crippen LogP contribution is -2.21. The summed E-state index contributed by atoms with van der Waals surface area (Å²) in [7, 11) is 1.99. The fourth-order valence-corrected chi connectivity index (χ4v) is 4.52. The predicted molar refractivity (Wildman–Crippen MR) is 114 cm³/mol. The van der Waals surface area contributed by atoms with Gasteiger partial charge in [-0.3, -0.25) is 9.69 Å². The van der Waals surface area contributed by atoms with Gasteiger partial charge in [-0.2, -0.15) is 0 Å². The molecule has 4 aromatic rings. The maximum absolute atomic E-state index is 12.9. The van der Waals surface area contributed by atoms with Crippen molar-refractivity contribution in [2.45, 2.75) is 33.9 Å². The molecule has 4 rings (SSSR count). The van der Waals surface area contributed by atoms with E-state index in [1.54, 1.807) is 11.3 Å². The van der Waals surface area contributed by atoms with Crippen molar-refractivity contribution in [3.05, 3.63) is 74.5 Å². The van der Waals surface area contributed by atoms with Gasteiger partial charge in [-0.25, -0.2) is 4.98 Å². The zero-order valence-corrected chi connectivity index (χ0v) is 17.3. The zero-order valence-electron chi connectivity index (χ0n) is 16.5. The molecular weight excluding hydrogens is 370 g/mol. The molecule has 0 aliphatic rings. The minimum atomic E-state index is -0.0813. The first kappa shape index (κ1) is 18.7. The fourth-order valence-electron chi connectivity index (χ4n) is 3.45. The van der Waals surface area contributed by atoms with Crippen LogP contribution in [0.2, 0.25) is 0 Å². The summed E-state index contributed by atoms with van der Waals surface area (Å²) in [5.74, 6) is 2.46. The lowest BCUT2D eigenvalue weighted by molar-refractivity contribution is 0.279. The molecule has 0 saturated heterocycles. The van der Waals surface area contributed by atoms with Crippen LogP contribution in [0.4, 0.5) is 0 Å². The van der Waals surface area contributed by atoms with Crippen LogP contribution in [-0.4, -0.2) is 21.9 Å². The number of nitrogens with one attached hydrogen (secondary N) is 1. The molecule has 0 amide bonds. The topological polar surface area (TPSA) is 62.1 Å². The van der Waals surface area contributed by atoms with Gasteiger partial charge in [-0.05, 0) is 45.5 Å². The van der Waals surface area contributed by atoms with Gasteiger partial charge in [0, 0.05) is 10.4 Å². The maximum Gasteiger partial charge on any atom is 0.260 e. The summed E-state index contributed by atoms with van der Waals surface area (Å²) in [5.41, 5.74) is 3.16. The average Bonchev–Trinajstić information content (AvgIpc) is 3.18. The summed E-state index contributed by atoms with van der Waals surface area (Å²) in [6.45, 7) is 7.24. The Morgan fingerprint density at radius 2 is 1.82 bits per heavy atom. The lowest BCUT2D eigenvalue weighted by Gasteiger charge is -2.14. The van der Waals surface area contributed by atoms with Gasteiger partial charge in [0.15, 0.2) is 0 Å². The highest BCUT2D eigenvalue weighted by Crippen LogP contribution is 2.35. The van der Waals surface area contributed by atoms with E-state index in [-0.39, 0.29) is 5.56 Å². The van der Waals surface area contributed by atoms with Crippen LogP contribution in [0.15, 0.2) is 45.6 Å². The molecule has 5 nitrogen and oxygen atoms in total. The number of aromatic amines is 1. The smallest absolute Gasteiger partial charge is 0.260 e. The molecule has 0 spiro atoms. The normalized spacial score (nSPS) is 11.6. The van der Waals surface area contributed by atoms with Gasteiger partial charge in [0.1, 0.15) is 22.2 Å². The number of nitrogens with zero attached hydrogens (tertiary/aromatic N) is 2. The first-order valence-electron chi connectivity index (χ1n) is 9.24. The molecule has 0 unspecified atom stereocenters. The lowest BCUT2D eigenvalue weighted by atomic mass is 10.0. The van der Waals surface area contributed by atoms with Crippen LogP contribution in [0.5, 0.6) is 0 Å². The molecule has 0 aliphatic carbocycles. The maximum atomic E-state index is 12.9. The number of aromatic nitrogens is 2. The van der Waals surface area contributed by atoms with Gasteiger partial charge in [-0.15, -0.1) is 11.3 Å². The Labute approximate surface area is 167 Å². The van der Waals surface area contributed by atoms with Gasteiger partial charge in [-0.1, -0.05) is 29.8 Å². The molecule has 0 atom stereocenters. The Hall–Kier alpha value is -2.70. The van der Waals surface area contributed by atoms with Crippen molar-refractivity contribution in [3.63, 3.8) is 0 Å². The second-order valence-corrected chi connectivity index (χ2v) is 8.48. The zero-order chi connectivity index (χ0) is 19.8.